The first-order valence-electron chi connectivity index (χ1n) is 7.91. The molecule has 2 aromatic heterocycles. The van der Waals surface area contributed by atoms with Crippen molar-refractivity contribution in [3.05, 3.63) is 54.2 Å². The van der Waals surface area contributed by atoms with Gasteiger partial charge in [-0.2, -0.15) is 0 Å². The smallest absolute Gasteiger partial charge is 0.250 e. The van der Waals surface area contributed by atoms with E-state index in [1.54, 1.807) is 12.3 Å². The van der Waals surface area contributed by atoms with Crippen molar-refractivity contribution < 1.29 is 14.3 Å². The van der Waals surface area contributed by atoms with E-state index < -0.39 is 0 Å². The van der Waals surface area contributed by atoms with Gasteiger partial charge in [0.15, 0.2) is 16.5 Å². The zero-order valence-corrected chi connectivity index (χ0v) is 14.4. The molecule has 0 atom stereocenters. The lowest BCUT2D eigenvalue weighted by molar-refractivity contribution is -0.111. The molecular weight excluding hydrogens is 352 g/mol. The number of hydrogen-bond acceptors (Lipinski definition) is 7. The highest BCUT2D eigenvalue weighted by atomic mass is 32.1. The fourth-order valence-corrected chi connectivity index (χ4v) is 3.07. The number of anilines is 1. The maximum atomic E-state index is 12.1. The zero-order chi connectivity index (χ0) is 17.8. The number of nitrogens with zero attached hydrogens (tertiary/aromatic N) is 3. The molecule has 3 heterocycles. The first-order chi connectivity index (χ1) is 12.8. The van der Waals surface area contributed by atoms with Gasteiger partial charge in [-0.15, -0.1) is 10.2 Å². The Bertz CT molecular complexity index is 956. The number of fused-ring (bicyclic) bond motifs is 1. The quantitative estimate of drug-likeness (QED) is 0.714. The fraction of sp³-hybridized carbons (Fsp3) is 0.111. The maximum absolute atomic E-state index is 12.1. The van der Waals surface area contributed by atoms with E-state index in [-0.39, 0.29) is 5.91 Å². The number of carbonyl (C=O) groups is 1. The molecule has 7 nitrogen and oxygen atoms in total. The van der Waals surface area contributed by atoms with Crippen LogP contribution in [0.25, 0.3) is 16.8 Å². The predicted molar refractivity (Wildman–Crippen MR) is 98.2 cm³/mol. The van der Waals surface area contributed by atoms with Gasteiger partial charge in [0, 0.05) is 12.3 Å². The zero-order valence-electron chi connectivity index (χ0n) is 13.6. The molecule has 1 aliphatic heterocycles. The second-order valence-electron chi connectivity index (χ2n) is 5.35. The lowest BCUT2D eigenvalue weighted by atomic mass is 10.2. The van der Waals surface area contributed by atoms with Crippen LogP contribution < -0.4 is 14.8 Å². The number of ether oxygens (including phenoxy) is 2. The highest BCUT2D eigenvalue weighted by molar-refractivity contribution is 7.18. The third-order valence-electron chi connectivity index (χ3n) is 3.53. The van der Waals surface area contributed by atoms with Crippen molar-refractivity contribution in [3.63, 3.8) is 0 Å². The number of pyridine rings is 1. The summed E-state index contributed by atoms with van der Waals surface area (Å²) in [6, 6.07) is 11.1. The largest absolute Gasteiger partial charge is 0.486 e. The van der Waals surface area contributed by atoms with E-state index in [1.807, 2.05) is 36.4 Å². The van der Waals surface area contributed by atoms with E-state index in [2.05, 4.69) is 20.5 Å². The number of hydrogen-bond donors (Lipinski definition) is 1. The third kappa shape index (κ3) is 3.70. The molecule has 1 amide bonds. The number of rotatable bonds is 4. The van der Waals surface area contributed by atoms with Crippen LogP contribution >= 0.6 is 11.3 Å². The molecule has 130 valence electrons. The molecule has 0 saturated carbocycles. The SMILES string of the molecule is O=C(/C=C/c1ccc2c(c1)OCCO2)Nc1nnc(-c2ccccn2)s1. The summed E-state index contributed by atoms with van der Waals surface area (Å²) in [6.07, 6.45) is 4.83. The first-order valence-corrected chi connectivity index (χ1v) is 8.73. The average Bonchev–Trinajstić information content (AvgIpc) is 3.15. The van der Waals surface area contributed by atoms with Crippen molar-refractivity contribution in [1.82, 2.24) is 15.2 Å². The summed E-state index contributed by atoms with van der Waals surface area (Å²) in [5.41, 5.74) is 1.56. The van der Waals surface area contributed by atoms with E-state index in [0.717, 1.165) is 11.3 Å². The van der Waals surface area contributed by atoms with E-state index >= 15 is 0 Å². The summed E-state index contributed by atoms with van der Waals surface area (Å²) < 4.78 is 11.0. The van der Waals surface area contributed by atoms with Gasteiger partial charge >= 0.3 is 0 Å². The van der Waals surface area contributed by atoms with Crippen LogP contribution in [0.1, 0.15) is 5.56 Å². The lowest BCUT2D eigenvalue weighted by Crippen LogP contribution is -2.15. The van der Waals surface area contributed by atoms with E-state index in [9.17, 15) is 4.79 Å². The van der Waals surface area contributed by atoms with Crippen LogP contribution in [-0.2, 0) is 4.79 Å². The van der Waals surface area contributed by atoms with Gasteiger partial charge in [-0.05, 0) is 35.9 Å². The highest BCUT2D eigenvalue weighted by Gasteiger charge is 2.11. The minimum atomic E-state index is -0.288. The Morgan fingerprint density at radius 1 is 1.12 bits per heavy atom. The van der Waals surface area contributed by atoms with Crippen molar-refractivity contribution in [2.45, 2.75) is 0 Å². The molecule has 3 aromatic rings. The number of amides is 1. The molecule has 8 heteroatoms. The molecule has 0 aliphatic carbocycles. The lowest BCUT2D eigenvalue weighted by Gasteiger charge is -2.18. The fourth-order valence-electron chi connectivity index (χ4n) is 2.35. The normalized spacial score (nSPS) is 12.9. The van der Waals surface area contributed by atoms with Gasteiger partial charge in [0.25, 0.3) is 0 Å². The standard InChI is InChI=1S/C18H14N4O3S/c23-16(7-5-12-4-6-14-15(11-12)25-10-9-24-14)20-18-22-21-17(26-18)13-3-1-2-8-19-13/h1-8,11H,9-10H2,(H,20,22,23)/b7-5+. The van der Waals surface area contributed by atoms with E-state index in [0.29, 0.717) is 34.9 Å². The van der Waals surface area contributed by atoms with Crippen LogP contribution in [0.5, 0.6) is 11.5 Å². The molecule has 4 rings (SSSR count). The predicted octanol–water partition coefficient (Wildman–Crippen LogP) is 3.02. The second-order valence-corrected chi connectivity index (χ2v) is 6.33. The minimum Gasteiger partial charge on any atom is -0.486 e. The molecular formula is C18H14N4O3S. The number of aromatic nitrogens is 3. The van der Waals surface area contributed by atoms with Crippen molar-refractivity contribution in [2.24, 2.45) is 0 Å². The van der Waals surface area contributed by atoms with Gasteiger partial charge in [0.1, 0.15) is 18.9 Å². The topological polar surface area (TPSA) is 86.2 Å². The Hall–Kier alpha value is -3.26. The summed E-state index contributed by atoms with van der Waals surface area (Å²) in [5, 5.41) is 11.8. The van der Waals surface area contributed by atoms with Gasteiger partial charge in [-0.3, -0.25) is 15.1 Å². The molecule has 1 N–H and O–H groups in total. The molecule has 0 fully saturated rings. The van der Waals surface area contributed by atoms with Crippen LogP contribution in [-0.4, -0.2) is 34.3 Å². The summed E-state index contributed by atoms with van der Waals surface area (Å²) in [7, 11) is 0. The number of benzene rings is 1. The van der Waals surface area contributed by atoms with Gasteiger partial charge in [-0.1, -0.05) is 23.5 Å². The molecule has 0 saturated heterocycles. The first kappa shape index (κ1) is 16.2. The molecule has 0 radical (unpaired) electrons. The summed E-state index contributed by atoms with van der Waals surface area (Å²) in [5.74, 6) is 1.11. The Kier molecular flexibility index (Phi) is 4.57. The van der Waals surface area contributed by atoms with Crippen LogP contribution in [0.2, 0.25) is 0 Å². The Morgan fingerprint density at radius 2 is 2.00 bits per heavy atom. The molecule has 0 unspecified atom stereocenters. The van der Waals surface area contributed by atoms with Crippen LogP contribution in [0.3, 0.4) is 0 Å². The van der Waals surface area contributed by atoms with Crippen LogP contribution in [0.4, 0.5) is 5.13 Å². The summed E-state index contributed by atoms with van der Waals surface area (Å²) in [6.45, 7) is 1.07. The van der Waals surface area contributed by atoms with Gasteiger partial charge in [0.05, 0.1) is 0 Å². The average molecular weight is 366 g/mol. The Labute approximate surface area is 153 Å². The Balaban J connectivity index is 1.41. The minimum absolute atomic E-state index is 0.288. The maximum Gasteiger partial charge on any atom is 0.250 e. The highest BCUT2D eigenvalue weighted by Crippen LogP contribution is 2.31. The molecule has 1 aliphatic rings. The molecule has 1 aromatic carbocycles. The van der Waals surface area contributed by atoms with Crippen molar-refractivity contribution in [1.29, 1.82) is 0 Å². The summed E-state index contributed by atoms with van der Waals surface area (Å²) in [4.78, 5) is 16.3. The van der Waals surface area contributed by atoms with E-state index in [4.69, 9.17) is 9.47 Å². The summed E-state index contributed by atoms with van der Waals surface area (Å²) >= 11 is 1.27. The van der Waals surface area contributed by atoms with E-state index in [1.165, 1.54) is 17.4 Å². The monoisotopic (exact) mass is 366 g/mol. The molecule has 0 bridgehead atoms. The van der Waals surface area contributed by atoms with Gasteiger partial charge in [-0.25, -0.2) is 0 Å². The van der Waals surface area contributed by atoms with Crippen LogP contribution in [0, 0.1) is 0 Å². The van der Waals surface area contributed by atoms with Gasteiger partial charge < -0.3 is 9.47 Å². The second kappa shape index (κ2) is 7.32. The third-order valence-corrected chi connectivity index (χ3v) is 4.39. The van der Waals surface area contributed by atoms with Gasteiger partial charge in [0.2, 0.25) is 11.0 Å². The van der Waals surface area contributed by atoms with Crippen molar-refractivity contribution >= 4 is 28.5 Å². The number of nitrogens with one attached hydrogen (secondary N) is 1. The van der Waals surface area contributed by atoms with Crippen molar-refractivity contribution in [3.8, 4) is 22.2 Å². The molecule has 26 heavy (non-hydrogen) atoms. The van der Waals surface area contributed by atoms with Crippen molar-refractivity contribution in [2.75, 3.05) is 18.5 Å². The number of carbonyl (C=O) groups excluding carboxylic acids is 1. The molecule has 0 spiro atoms. The Morgan fingerprint density at radius 3 is 2.85 bits per heavy atom. The van der Waals surface area contributed by atoms with Crippen LogP contribution in [0.15, 0.2) is 48.7 Å².